The first-order chi connectivity index (χ1) is 12.6. The molecule has 2 aliphatic heterocycles. The molecular formula is C18H27N5O3. The molecule has 0 bridgehead atoms. The number of aromatic nitrogens is 2. The number of hydrogen-bond donors (Lipinski definition) is 1. The van der Waals surface area contributed by atoms with Crippen molar-refractivity contribution in [3.05, 3.63) is 18.0 Å². The number of amides is 2. The van der Waals surface area contributed by atoms with Crippen molar-refractivity contribution >= 4 is 17.8 Å². The van der Waals surface area contributed by atoms with Crippen LogP contribution in [0.4, 0.5) is 5.95 Å². The van der Waals surface area contributed by atoms with Crippen molar-refractivity contribution in [2.24, 2.45) is 5.41 Å². The Morgan fingerprint density at radius 1 is 1.31 bits per heavy atom. The van der Waals surface area contributed by atoms with E-state index in [2.05, 4.69) is 15.3 Å². The fourth-order valence-electron chi connectivity index (χ4n) is 3.97. The number of methoxy groups -OCH3 is 1. The highest BCUT2D eigenvalue weighted by Crippen LogP contribution is 2.39. The zero-order valence-electron chi connectivity index (χ0n) is 15.5. The van der Waals surface area contributed by atoms with Crippen molar-refractivity contribution in [1.29, 1.82) is 0 Å². The van der Waals surface area contributed by atoms with Crippen molar-refractivity contribution in [3.8, 4) is 0 Å². The van der Waals surface area contributed by atoms with Crippen LogP contribution in [0.25, 0.3) is 0 Å². The van der Waals surface area contributed by atoms with Crippen LogP contribution in [0.5, 0.6) is 0 Å². The number of rotatable bonds is 5. The summed E-state index contributed by atoms with van der Waals surface area (Å²) in [5.74, 6) is 0.649. The Hall–Kier alpha value is -2.22. The maximum Gasteiger partial charge on any atom is 0.257 e. The van der Waals surface area contributed by atoms with Gasteiger partial charge in [-0.25, -0.2) is 9.97 Å². The van der Waals surface area contributed by atoms with E-state index in [0.717, 1.165) is 25.8 Å². The number of nitrogens with one attached hydrogen (secondary N) is 1. The highest BCUT2D eigenvalue weighted by atomic mass is 16.5. The minimum atomic E-state index is -0.0351. The van der Waals surface area contributed by atoms with E-state index in [-0.39, 0.29) is 17.2 Å². The van der Waals surface area contributed by atoms with E-state index in [0.29, 0.717) is 44.2 Å². The standard InChI is InChI=1S/C18H27N5O3/c1-19-17-20-10-14(11-21-17)16(25)23-7-3-5-18(13-23)6-4-15(24)22(12-18)8-9-26-2/h10-11H,3-9,12-13H2,1-2H3,(H,19,20,21). The number of hydrogen-bond acceptors (Lipinski definition) is 6. The molecule has 2 saturated heterocycles. The van der Waals surface area contributed by atoms with Gasteiger partial charge in [0.2, 0.25) is 11.9 Å². The first kappa shape index (κ1) is 18.6. The van der Waals surface area contributed by atoms with Crippen molar-refractivity contribution in [3.63, 3.8) is 0 Å². The second-order valence-electron chi connectivity index (χ2n) is 7.18. The highest BCUT2D eigenvalue weighted by molar-refractivity contribution is 5.93. The summed E-state index contributed by atoms with van der Waals surface area (Å²) in [5, 5.41) is 2.85. The Labute approximate surface area is 153 Å². The van der Waals surface area contributed by atoms with Gasteiger partial charge in [0.1, 0.15) is 0 Å². The molecule has 1 spiro atoms. The maximum absolute atomic E-state index is 12.9. The molecule has 3 heterocycles. The maximum atomic E-state index is 12.9. The average molecular weight is 361 g/mol. The molecule has 0 aromatic carbocycles. The van der Waals surface area contributed by atoms with Gasteiger partial charge in [-0.2, -0.15) is 0 Å². The summed E-state index contributed by atoms with van der Waals surface area (Å²) in [6.45, 7) is 3.27. The molecule has 8 nitrogen and oxygen atoms in total. The lowest BCUT2D eigenvalue weighted by Crippen LogP contribution is -2.55. The van der Waals surface area contributed by atoms with E-state index in [1.807, 2.05) is 9.80 Å². The number of carbonyl (C=O) groups excluding carboxylic acids is 2. The topological polar surface area (TPSA) is 87.7 Å². The van der Waals surface area contributed by atoms with Gasteiger partial charge in [0, 0.05) is 64.6 Å². The highest BCUT2D eigenvalue weighted by Gasteiger charge is 2.42. The van der Waals surface area contributed by atoms with Crippen LogP contribution in [-0.4, -0.2) is 78.5 Å². The predicted molar refractivity (Wildman–Crippen MR) is 96.8 cm³/mol. The number of likely N-dealkylation sites (tertiary alicyclic amines) is 2. The fourth-order valence-corrected chi connectivity index (χ4v) is 3.97. The largest absolute Gasteiger partial charge is 0.383 e. The Morgan fingerprint density at radius 3 is 2.77 bits per heavy atom. The first-order valence-electron chi connectivity index (χ1n) is 9.13. The van der Waals surface area contributed by atoms with Crippen LogP contribution in [0.3, 0.4) is 0 Å². The van der Waals surface area contributed by atoms with E-state index in [4.69, 9.17) is 4.74 Å². The smallest absolute Gasteiger partial charge is 0.257 e. The zero-order chi connectivity index (χ0) is 18.6. The Bertz CT molecular complexity index is 651. The van der Waals surface area contributed by atoms with Crippen LogP contribution in [0.1, 0.15) is 36.0 Å². The molecule has 1 aromatic rings. The van der Waals surface area contributed by atoms with Crippen molar-refractivity contribution in [2.45, 2.75) is 25.7 Å². The summed E-state index contributed by atoms with van der Waals surface area (Å²) < 4.78 is 5.13. The summed E-state index contributed by atoms with van der Waals surface area (Å²) in [5.41, 5.74) is 0.491. The predicted octanol–water partition coefficient (Wildman–Crippen LogP) is 1.01. The second kappa shape index (κ2) is 7.99. The van der Waals surface area contributed by atoms with E-state index in [1.54, 1.807) is 26.6 Å². The normalized spacial score (nSPS) is 23.4. The second-order valence-corrected chi connectivity index (χ2v) is 7.18. The van der Waals surface area contributed by atoms with Gasteiger partial charge in [-0.15, -0.1) is 0 Å². The van der Waals surface area contributed by atoms with Gasteiger partial charge in [-0.1, -0.05) is 0 Å². The third-order valence-corrected chi connectivity index (χ3v) is 5.38. The minimum absolute atomic E-state index is 0.0126. The van der Waals surface area contributed by atoms with Gasteiger partial charge in [-0.05, 0) is 19.3 Å². The number of carbonyl (C=O) groups is 2. The van der Waals surface area contributed by atoms with E-state index >= 15 is 0 Å². The molecule has 8 heteroatoms. The van der Waals surface area contributed by atoms with E-state index in [9.17, 15) is 9.59 Å². The summed E-state index contributed by atoms with van der Waals surface area (Å²) in [6.07, 6.45) is 6.52. The molecule has 1 N–H and O–H groups in total. The fraction of sp³-hybridized carbons (Fsp3) is 0.667. The van der Waals surface area contributed by atoms with Crippen LogP contribution in [0.15, 0.2) is 12.4 Å². The van der Waals surface area contributed by atoms with Crippen LogP contribution in [0.2, 0.25) is 0 Å². The summed E-state index contributed by atoms with van der Waals surface area (Å²) in [6, 6.07) is 0. The van der Waals surface area contributed by atoms with Crippen molar-refractivity contribution in [1.82, 2.24) is 19.8 Å². The van der Waals surface area contributed by atoms with Gasteiger partial charge in [0.25, 0.3) is 5.91 Å². The SMILES string of the molecule is CNc1ncc(C(=O)N2CCCC3(CCC(=O)N(CCOC)C3)C2)cn1. The summed E-state index contributed by atoms with van der Waals surface area (Å²) in [4.78, 5) is 37.1. The molecule has 2 fully saturated rings. The van der Waals surface area contributed by atoms with Gasteiger partial charge in [-0.3, -0.25) is 9.59 Å². The lowest BCUT2D eigenvalue weighted by Gasteiger charge is -2.48. The summed E-state index contributed by atoms with van der Waals surface area (Å²) >= 11 is 0. The molecule has 0 radical (unpaired) electrons. The zero-order valence-corrected chi connectivity index (χ0v) is 15.5. The van der Waals surface area contributed by atoms with Gasteiger partial charge >= 0.3 is 0 Å². The number of anilines is 1. The number of nitrogens with zero attached hydrogens (tertiary/aromatic N) is 4. The Morgan fingerprint density at radius 2 is 2.08 bits per heavy atom. The van der Waals surface area contributed by atoms with Crippen LogP contribution in [0, 0.1) is 5.41 Å². The molecule has 1 atom stereocenters. The molecule has 0 aliphatic carbocycles. The van der Waals surface area contributed by atoms with Crippen LogP contribution in [-0.2, 0) is 9.53 Å². The first-order valence-corrected chi connectivity index (χ1v) is 9.13. The molecule has 26 heavy (non-hydrogen) atoms. The molecular weight excluding hydrogens is 334 g/mol. The molecule has 1 aromatic heterocycles. The van der Waals surface area contributed by atoms with E-state index < -0.39 is 0 Å². The Balaban J connectivity index is 1.69. The molecule has 0 saturated carbocycles. The number of ether oxygens (including phenoxy) is 1. The van der Waals surface area contributed by atoms with Crippen molar-refractivity contribution < 1.29 is 14.3 Å². The molecule has 1 unspecified atom stereocenters. The van der Waals surface area contributed by atoms with Crippen LogP contribution >= 0.6 is 0 Å². The minimum Gasteiger partial charge on any atom is -0.383 e. The molecule has 2 amide bonds. The van der Waals surface area contributed by atoms with Crippen LogP contribution < -0.4 is 5.32 Å². The monoisotopic (exact) mass is 361 g/mol. The quantitative estimate of drug-likeness (QED) is 0.842. The van der Waals surface area contributed by atoms with Crippen molar-refractivity contribution in [2.75, 3.05) is 52.3 Å². The molecule has 3 rings (SSSR count). The molecule has 142 valence electrons. The van der Waals surface area contributed by atoms with Gasteiger partial charge < -0.3 is 19.9 Å². The molecule has 2 aliphatic rings. The third kappa shape index (κ3) is 3.95. The van der Waals surface area contributed by atoms with Gasteiger partial charge in [0.15, 0.2) is 0 Å². The lowest BCUT2D eigenvalue weighted by molar-refractivity contribution is -0.139. The lowest BCUT2D eigenvalue weighted by atomic mass is 9.73. The Kier molecular flexibility index (Phi) is 5.70. The van der Waals surface area contributed by atoms with Gasteiger partial charge in [0.05, 0.1) is 12.2 Å². The third-order valence-electron chi connectivity index (χ3n) is 5.38. The average Bonchev–Trinajstić information content (AvgIpc) is 2.68. The number of piperidine rings is 2. The summed E-state index contributed by atoms with van der Waals surface area (Å²) in [7, 11) is 3.39. The van der Waals surface area contributed by atoms with E-state index in [1.165, 1.54) is 0 Å².